The van der Waals surface area contributed by atoms with Crippen LogP contribution in [0.5, 0.6) is 0 Å². The van der Waals surface area contributed by atoms with Gasteiger partial charge in [-0.2, -0.15) is 0 Å². The van der Waals surface area contributed by atoms with E-state index in [9.17, 15) is 14.7 Å². The van der Waals surface area contributed by atoms with Gasteiger partial charge in [0.05, 0.1) is 4.91 Å². The molecule has 0 unspecified atom stereocenters. The van der Waals surface area contributed by atoms with Gasteiger partial charge in [-0.1, -0.05) is 73.5 Å². The minimum absolute atomic E-state index is 0.275. The van der Waals surface area contributed by atoms with Crippen LogP contribution >= 0.6 is 35.6 Å². The van der Waals surface area contributed by atoms with Crippen LogP contribution in [0.3, 0.4) is 0 Å². The summed E-state index contributed by atoms with van der Waals surface area (Å²) in [4.78, 5) is 25.7. The topological polar surface area (TPSA) is 57.6 Å². The summed E-state index contributed by atoms with van der Waals surface area (Å²) in [5.41, 5.74) is 0.704. The molecule has 0 saturated carbocycles. The van der Waals surface area contributed by atoms with Gasteiger partial charge < -0.3 is 5.11 Å². The zero-order valence-electron chi connectivity index (χ0n) is 12.5. The smallest absolute Gasteiger partial charge is 0.326 e. The molecule has 2 rings (SSSR count). The number of amides is 1. The first kappa shape index (κ1) is 18.0. The molecule has 23 heavy (non-hydrogen) atoms. The number of hydrogen-bond acceptors (Lipinski definition) is 4. The van der Waals surface area contributed by atoms with Crippen molar-refractivity contribution in [2.24, 2.45) is 0 Å². The third-order valence-corrected chi connectivity index (χ3v) is 5.12. The lowest BCUT2D eigenvalue weighted by Gasteiger charge is -2.22. The highest BCUT2D eigenvalue weighted by Crippen LogP contribution is 2.35. The largest absolute Gasteiger partial charge is 0.480 e. The van der Waals surface area contributed by atoms with E-state index < -0.39 is 12.0 Å². The highest BCUT2D eigenvalue weighted by molar-refractivity contribution is 8.26. The molecule has 0 aliphatic carbocycles. The predicted octanol–water partition coefficient (Wildman–Crippen LogP) is 4.18. The van der Waals surface area contributed by atoms with E-state index in [1.807, 2.05) is 13.0 Å². The molecule has 1 saturated heterocycles. The second-order valence-electron chi connectivity index (χ2n) is 5.07. The molecule has 1 aliphatic heterocycles. The van der Waals surface area contributed by atoms with Gasteiger partial charge >= 0.3 is 5.97 Å². The van der Waals surface area contributed by atoms with Crippen molar-refractivity contribution in [2.45, 2.75) is 32.2 Å². The number of hydrogen-bond donors (Lipinski definition) is 1. The first-order chi connectivity index (χ1) is 11.0. The van der Waals surface area contributed by atoms with Gasteiger partial charge in [0.1, 0.15) is 10.4 Å². The number of benzene rings is 1. The molecule has 0 spiro atoms. The fourth-order valence-corrected chi connectivity index (χ4v) is 3.78. The van der Waals surface area contributed by atoms with E-state index in [2.05, 4.69) is 0 Å². The molecule has 0 radical (unpaired) electrons. The monoisotopic (exact) mass is 369 g/mol. The Hall–Kier alpha value is -1.37. The summed E-state index contributed by atoms with van der Waals surface area (Å²) in [6.45, 7) is 1.97. The molecule has 1 atom stereocenters. The second kappa shape index (κ2) is 7.95. The van der Waals surface area contributed by atoms with E-state index in [1.165, 1.54) is 4.90 Å². The Morgan fingerprint density at radius 2 is 2.17 bits per heavy atom. The number of carboxylic acids is 1. The number of aliphatic carboxylic acids is 1. The molecule has 1 heterocycles. The van der Waals surface area contributed by atoms with E-state index in [-0.39, 0.29) is 10.2 Å². The number of halogens is 1. The number of nitrogens with zero attached hydrogens (tertiary/aromatic N) is 1. The number of carbonyl (C=O) groups is 2. The van der Waals surface area contributed by atoms with Crippen molar-refractivity contribution >= 4 is 57.9 Å². The molecule has 122 valence electrons. The highest BCUT2D eigenvalue weighted by Gasteiger charge is 2.40. The fraction of sp³-hybridized carbons (Fsp3) is 0.312. The van der Waals surface area contributed by atoms with E-state index in [0.717, 1.165) is 24.6 Å². The number of thioether (sulfide) groups is 1. The Morgan fingerprint density at radius 1 is 1.48 bits per heavy atom. The Kier molecular flexibility index (Phi) is 6.21. The van der Waals surface area contributed by atoms with Crippen LogP contribution in [0.4, 0.5) is 0 Å². The van der Waals surface area contributed by atoms with Crippen LogP contribution in [-0.2, 0) is 9.59 Å². The molecule has 1 aliphatic rings. The molecule has 0 aromatic heterocycles. The molecule has 1 aromatic rings. The van der Waals surface area contributed by atoms with Crippen LogP contribution in [0.2, 0.25) is 5.02 Å². The molecule has 7 heteroatoms. The van der Waals surface area contributed by atoms with Crippen molar-refractivity contribution in [1.82, 2.24) is 4.90 Å². The summed E-state index contributed by atoms with van der Waals surface area (Å²) in [5.74, 6) is -1.41. The van der Waals surface area contributed by atoms with Crippen molar-refractivity contribution in [3.8, 4) is 0 Å². The van der Waals surface area contributed by atoms with E-state index in [0.29, 0.717) is 21.9 Å². The Balaban J connectivity index is 2.29. The first-order valence-corrected chi connectivity index (χ1v) is 8.80. The van der Waals surface area contributed by atoms with E-state index in [1.54, 1.807) is 24.3 Å². The lowest BCUT2D eigenvalue weighted by atomic mass is 10.1. The standard InChI is InChI=1S/C16H16ClNO3S2/c1-2-3-8-12(15(20)21)18-14(19)13(23-16(18)22)9-10-6-4-5-7-11(10)17/h4-7,9,12H,2-3,8H2,1H3,(H,20,21)/b13-9-/t12-/m1/s1. The Bertz CT molecular complexity index is 675. The fourth-order valence-electron chi connectivity index (χ4n) is 2.24. The van der Waals surface area contributed by atoms with Crippen molar-refractivity contribution in [3.05, 3.63) is 39.8 Å². The van der Waals surface area contributed by atoms with Crippen LogP contribution in [0.15, 0.2) is 29.2 Å². The van der Waals surface area contributed by atoms with Gasteiger partial charge in [-0.15, -0.1) is 0 Å². The summed E-state index contributed by atoms with van der Waals surface area (Å²) >= 11 is 12.4. The summed E-state index contributed by atoms with van der Waals surface area (Å²) in [7, 11) is 0. The van der Waals surface area contributed by atoms with Crippen LogP contribution < -0.4 is 0 Å². The lowest BCUT2D eigenvalue weighted by molar-refractivity contribution is -0.145. The molecule has 1 N–H and O–H groups in total. The summed E-state index contributed by atoms with van der Waals surface area (Å²) < 4.78 is 0.275. The third kappa shape index (κ3) is 4.13. The van der Waals surface area contributed by atoms with Crippen LogP contribution in [0.25, 0.3) is 6.08 Å². The summed E-state index contributed by atoms with van der Waals surface area (Å²) in [6, 6.07) is 6.23. The van der Waals surface area contributed by atoms with Crippen LogP contribution in [-0.4, -0.2) is 32.2 Å². The van der Waals surface area contributed by atoms with Gasteiger partial charge in [-0.05, 0) is 24.1 Å². The minimum atomic E-state index is -1.03. The molecule has 0 bridgehead atoms. The van der Waals surface area contributed by atoms with Gasteiger partial charge in [-0.3, -0.25) is 9.69 Å². The number of carboxylic acid groups (broad SMARTS) is 1. The average molecular weight is 370 g/mol. The Morgan fingerprint density at radius 3 is 2.78 bits per heavy atom. The van der Waals surface area contributed by atoms with Crippen molar-refractivity contribution in [3.63, 3.8) is 0 Å². The quantitative estimate of drug-likeness (QED) is 0.602. The third-order valence-electron chi connectivity index (χ3n) is 3.44. The Labute approximate surface area is 149 Å². The minimum Gasteiger partial charge on any atom is -0.480 e. The normalized spacial score (nSPS) is 17.8. The van der Waals surface area contributed by atoms with Crippen molar-refractivity contribution < 1.29 is 14.7 Å². The summed E-state index contributed by atoms with van der Waals surface area (Å²) in [6.07, 6.45) is 3.61. The SMILES string of the molecule is CCCC[C@H](C(=O)O)N1C(=O)/C(=C/c2ccccc2Cl)SC1=S. The van der Waals surface area contributed by atoms with Gasteiger partial charge in [-0.25, -0.2) is 4.79 Å². The summed E-state index contributed by atoms with van der Waals surface area (Å²) in [5, 5.41) is 9.94. The van der Waals surface area contributed by atoms with Crippen molar-refractivity contribution in [1.29, 1.82) is 0 Å². The first-order valence-electron chi connectivity index (χ1n) is 7.20. The predicted molar refractivity (Wildman–Crippen MR) is 97.4 cm³/mol. The highest BCUT2D eigenvalue weighted by atomic mass is 35.5. The molecule has 1 amide bonds. The molecule has 1 aromatic carbocycles. The van der Waals surface area contributed by atoms with Gasteiger partial charge in [0, 0.05) is 5.02 Å². The van der Waals surface area contributed by atoms with Gasteiger partial charge in [0.25, 0.3) is 5.91 Å². The number of rotatable bonds is 6. The molecule has 1 fully saturated rings. The molecule has 4 nitrogen and oxygen atoms in total. The van der Waals surface area contributed by atoms with Crippen LogP contribution in [0, 0.1) is 0 Å². The lowest BCUT2D eigenvalue weighted by Crippen LogP contribution is -2.43. The maximum absolute atomic E-state index is 12.6. The van der Waals surface area contributed by atoms with E-state index >= 15 is 0 Å². The molecular weight excluding hydrogens is 354 g/mol. The van der Waals surface area contributed by atoms with Crippen LogP contribution in [0.1, 0.15) is 31.7 Å². The van der Waals surface area contributed by atoms with Gasteiger partial charge in [0.2, 0.25) is 0 Å². The zero-order chi connectivity index (χ0) is 17.0. The molecular formula is C16H16ClNO3S2. The zero-order valence-corrected chi connectivity index (χ0v) is 14.9. The number of thiocarbonyl (C=S) groups is 1. The van der Waals surface area contributed by atoms with E-state index in [4.69, 9.17) is 23.8 Å². The average Bonchev–Trinajstić information content (AvgIpc) is 2.77. The van der Waals surface area contributed by atoms with Crippen molar-refractivity contribution in [2.75, 3.05) is 0 Å². The number of carbonyl (C=O) groups excluding carboxylic acids is 1. The number of unbranched alkanes of at least 4 members (excludes halogenated alkanes) is 1. The maximum Gasteiger partial charge on any atom is 0.326 e. The second-order valence-corrected chi connectivity index (χ2v) is 7.15. The van der Waals surface area contributed by atoms with Gasteiger partial charge in [0.15, 0.2) is 0 Å². The maximum atomic E-state index is 12.6.